The molecule has 0 bridgehead atoms. The number of halogens is 1. The summed E-state index contributed by atoms with van der Waals surface area (Å²) < 4.78 is 25.4. The first-order valence-corrected chi connectivity index (χ1v) is 8.66. The summed E-state index contributed by atoms with van der Waals surface area (Å²) in [5, 5.41) is 11.0. The van der Waals surface area contributed by atoms with Crippen LogP contribution in [0.4, 0.5) is 15.8 Å². The van der Waals surface area contributed by atoms with Gasteiger partial charge in [-0.25, -0.2) is 4.39 Å². The molecule has 0 spiro atoms. The lowest BCUT2D eigenvalue weighted by Crippen LogP contribution is -2.41. The highest BCUT2D eigenvalue weighted by atomic mass is 19.1. The lowest BCUT2D eigenvalue weighted by molar-refractivity contribution is 0.00578. The van der Waals surface area contributed by atoms with Gasteiger partial charge in [-0.2, -0.15) is 0 Å². The van der Waals surface area contributed by atoms with E-state index in [9.17, 15) is 4.39 Å². The third-order valence-corrected chi connectivity index (χ3v) is 5.22. The molecule has 1 aliphatic rings. The van der Waals surface area contributed by atoms with E-state index in [2.05, 4.69) is 5.32 Å². The fraction of sp³-hybridized carbons (Fsp3) is 0.350. The molecular weight excluding hydrogens is 330 g/mol. The minimum Gasteiger partial charge on any atom is -0.399 e. The van der Waals surface area contributed by atoms with Crippen molar-refractivity contribution in [3.8, 4) is 0 Å². The molecule has 2 aromatic carbocycles. The van der Waals surface area contributed by atoms with Crippen LogP contribution in [0.15, 0.2) is 36.4 Å². The molecule has 1 aliphatic heterocycles. The van der Waals surface area contributed by atoms with Crippen molar-refractivity contribution in [3.63, 3.8) is 0 Å². The van der Waals surface area contributed by atoms with Gasteiger partial charge in [-0.05, 0) is 76.0 Å². The third kappa shape index (κ3) is 3.39. The molecule has 0 amide bonds. The first kappa shape index (κ1) is 18.6. The highest BCUT2D eigenvalue weighted by Gasteiger charge is 2.52. The minimum atomic E-state index is -0.474. The van der Waals surface area contributed by atoms with Crippen LogP contribution in [0.3, 0.4) is 0 Å². The zero-order valence-electron chi connectivity index (χ0n) is 15.8. The van der Waals surface area contributed by atoms with E-state index >= 15 is 0 Å². The normalized spacial score (nSPS) is 18.0. The van der Waals surface area contributed by atoms with Crippen LogP contribution >= 0.6 is 0 Å². The van der Waals surface area contributed by atoms with E-state index in [0.29, 0.717) is 5.56 Å². The van der Waals surface area contributed by atoms with Crippen molar-refractivity contribution >= 4 is 30.2 Å². The predicted molar refractivity (Wildman–Crippen MR) is 104 cm³/mol. The molecule has 2 aromatic rings. The SMILES string of the molecule is Cc1cc(Nc2ccc(F)cc2)c(C=N)cc1B1OC(C)(C)C(C)(C)O1. The molecule has 0 atom stereocenters. The average Bonchev–Trinajstić information content (AvgIpc) is 2.77. The average molecular weight is 354 g/mol. The maximum atomic E-state index is 13.1. The number of anilines is 2. The molecule has 2 N–H and O–H groups in total. The number of nitrogens with one attached hydrogen (secondary N) is 2. The Morgan fingerprint density at radius 3 is 2.15 bits per heavy atom. The van der Waals surface area contributed by atoms with Crippen LogP contribution in [-0.2, 0) is 9.31 Å². The Morgan fingerprint density at radius 2 is 1.62 bits per heavy atom. The van der Waals surface area contributed by atoms with Crippen LogP contribution in [0.2, 0.25) is 0 Å². The largest absolute Gasteiger partial charge is 0.495 e. The first-order chi connectivity index (χ1) is 12.1. The van der Waals surface area contributed by atoms with Gasteiger partial charge in [-0.3, -0.25) is 0 Å². The van der Waals surface area contributed by atoms with Crippen LogP contribution in [-0.4, -0.2) is 24.5 Å². The van der Waals surface area contributed by atoms with Crippen LogP contribution in [0.25, 0.3) is 0 Å². The molecule has 136 valence electrons. The highest BCUT2D eigenvalue weighted by molar-refractivity contribution is 6.62. The zero-order chi connectivity index (χ0) is 19.1. The highest BCUT2D eigenvalue weighted by Crippen LogP contribution is 2.37. The number of rotatable bonds is 4. The molecule has 4 nitrogen and oxygen atoms in total. The van der Waals surface area contributed by atoms with Gasteiger partial charge in [0.2, 0.25) is 0 Å². The number of benzene rings is 2. The smallest absolute Gasteiger partial charge is 0.399 e. The molecule has 0 unspecified atom stereocenters. The Hall–Kier alpha value is -2.18. The summed E-state index contributed by atoms with van der Waals surface area (Å²) in [4.78, 5) is 0. The number of hydrogen-bond acceptors (Lipinski definition) is 4. The van der Waals surface area contributed by atoms with Gasteiger partial charge in [0.15, 0.2) is 0 Å². The molecule has 3 rings (SSSR count). The summed E-state index contributed by atoms with van der Waals surface area (Å²) in [5.41, 5.74) is 3.33. The fourth-order valence-electron chi connectivity index (χ4n) is 2.88. The van der Waals surface area contributed by atoms with Crippen molar-refractivity contribution in [3.05, 3.63) is 53.3 Å². The van der Waals surface area contributed by atoms with Gasteiger partial charge in [-0.1, -0.05) is 6.07 Å². The molecule has 6 heteroatoms. The molecular formula is C20H24BFN2O2. The van der Waals surface area contributed by atoms with Crippen LogP contribution in [0.1, 0.15) is 38.8 Å². The second kappa shape index (κ2) is 6.52. The third-order valence-electron chi connectivity index (χ3n) is 5.22. The second-order valence-electron chi connectivity index (χ2n) is 7.66. The molecule has 0 saturated carbocycles. The summed E-state index contributed by atoms with van der Waals surface area (Å²) >= 11 is 0. The topological polar surface area (TPSA) is 54.3 Å². The summed E-state index contributed by atoms with van der Waals surface area (Å²) in [5.74, 6) is -0.282. The molecule has 26 heavy (non-hydrogen) atoms. The van der Waals surface area contributed by atoms with Gasteiger partial charge < -0.3 is 20.0 Å². The molecule has 0 aliphatic carbocycles. The van der Waals surface area contributed by atoms with E-state index in [-0.39, 0.29) is 5.82 Å². The summed E-state index contributed by atoms with van der Waals surface area (Å²) in [6.07, 6.45) is 1.29. The van der Waals surface area contributed by atoms with Crippen molar-refractivity contribution in [2.45, 2.75) is 45.8 Å². The van der Waals surface area contributed by atoms with Crippen molar-refractivity contribution in [1.82, 2.24) is 0 Å². The summed E-state index contributed by atoms with van der Waals surface area (Å²) in [7, 11) is -0.474. The van der Waals surface area contributed by atoms with Gasteiger partial charge in [0, 0.05) is 23.2 Å². The van der Waals surface area contributed by atoms with Gasteiger partial charge in [0.1, 0.15) is 5.82 Å². The van der Waals surface area contributed by atoms with E-state index in [1.54, 1.807) is 12.1 Å². The quantitative estimate of drug-likeness (QED) is 0.640. The van der Waals surface area contributed by atoms with Gasteiger partial charge in [-0.15, -0.1) is 0 Å². The van der Waals surface area contributed by atoms with Crippen LogP contribution in [0.5, 0.6) is 0 Å². The first-order valence-electron chi connectivity index (χ1n) is 8.66. The zero-order valence-corrected chi connectivity index (χ0v) is 15.8. The van der Waals surface area contributed by atoms with E-state index in [1.807, 2.05) is 46.8 Å². The Balaban J connectivity index is 1.93. The van der Waals surface area contributed by atoms with E-state index < -0.39 is 18.3 Å². The Morgan fingerprint density at radius 1 is 1.04 bits per heavy atom. The van der Waals surface area contributed by atoms with E-state index in [1.165, 1.54) is 18.3 Å². The lowest BCUT2D eigenvalue weighted by Gasteiger charge is -2.32. The molecule has 0 radical (unpaired) electrons. The van der Waals surface area contributed by atoms with Crippen molar-refractivity contribution in [2.24, 2.45) is 0 Å². The Labute approximate surface area is 154 Å². The van der Waals surface area contributed by atoms with Gasteiger partial charge >= 0.3 is 7.12 Å². The van der Waals surface area contributed by atoms with E-state index in [4.69, 9.17) is 14.7 Å². The molecule has 1 heterocycles. The maximum absolute atomic E-state index is 13.1. The Kier molecular flexibility index (Phi) is 4.67. The van der Waals surface area contributed by atoms with Crippen LogP contribution < -0.4 is 10.8 Å². The summed E-state index contributed by atoms with van der Waals surface area (Å²) in [6, 6.07) is 10.0. The number of aryl methyl sites for hydroxylation is 1. The standard InChI is InChI=1S/C20H24BFN2O2/c1-13-10-18(24-16-8-6-15(22)7-9-16)14(12-23)11-17(13)21-25-19(2,3)20(4,5)26-21/h6-12,23-24H,1-5H3. The van der Waals surface area contributed by atoms with Crippen molar-refractivity contribution in [2.75, 3.05) is 5.32 Å². The number of hydrogen-bond donors (Lipinski definition) is 2. The maximum Gasteiger partial charge on any atom is 0.495 e. The lowest BCUT2D eigenvalue weighted by atomic mass is 9.75. The second-order valence-corrected chi connectivity index (χ2v) is 7.66. The molecule has 1 saturated heterocycles. The van der Waals surface area contributed by atoms with Crippen molar-refractivity contribution in [1.29, 1.82) is 5.41 Å². The monoisotopic (exact) mass is 354 g/mol. The molecule has 1 fully saturated rings. The Bertz CT molecular complexity index is 818. The minimum absolute atomic E-state index is 0.282. The van der Waals surface area contributed by atoms with Crippen molar-refractivity contribution < 1.29 is 13.7 Å². The van der Waals surface area contributed by atoms with Gasteiger partial charge in [0.05, 0.1) is 11.2 Å². The van der Waals surface area contributed by atoms with Gasteiger partial charge in [0.25, 0.3) is 0 Å². The fourth-order valence-corrected chi connectivity index (χ4v) is 2.88. The van der Waals surface area contributed by atoms with Crippen LogP contribution in [0, 0.1) is 18.2 Å². The predicted octanol–water partition coefficient (Wildman–Crippen LogP) is 4.17. The van der Waals surface area contributed by atoms with E-state index in [0.717, 1.165) is 22.4 Å². The summed E-state index contributed by atoms with van der Waals surface area (Å²) in [6.45, 7) is 10.1. The molecule has 0 aromatic heterocycles.